The molecule has 86 valence electrons. The predicted molar refractivity (Wildman–Crippen MR) is 72.3 cm³/mol. The molecule has 1 aromatic carbocycles. The molecule has 2 N–H and O–H groups in total. The first-order valence-electron chi connectivity index (χ1n) is 5.49. The van der Waals surface area contributed by atoms with Gasteiger partial charge in [0.2, 0.25) is 0 Å². The number of benzene rings is 1. The summed E-state index contributed by atoms with van der Waals surface area (Å²) in [7, 11) is 0. The van der Waals surface area contributed by atoms with Gasteiger partial charge in [0.1, 0.15) is 0 Å². The van der Waals surface area contributed by atoms with E-state index in [1.165, 1.54) is 0 Å². The van der Waals surface area contributed by atoms with Gasteiger partial charge in [-0.3, -0.25) is 4.79 Å². The second kappa shape index (κ2) is 5.14. The average molecular weight is 330 g/mol. The fraction of sp³-hybridized carbons (Fsp3) is 0.417. The highest BCUT2D eigenvalue weighted by atomic mass is 127. The van der Waals surface area contributed by atoms with Gasteiger partial charge in [0, 0.05) is 28.3 Å². The van der Waals surface area contributed by atoms with Crippen molar-refractivity contribution in [1.29, 1.82) is 0 Å². The molecule has 3 nitrogen and oxygen atoms in total. The molecule has 2 rings (SSSR count). The average Bonchev–Trinajstić information content (AvgIpc) is 2.76. The van der Waals surface area contributed by atoms with Crippen LogP contribution in [0.4, 0.5) is 0 Å². The van der Waals surface area contributed by atoms with E-state index >= 15 is 0 Å². The van der Waals surface area contributed by atoms with E-state index in [-0.39, 0.29) is 11.9 Å². The molecule has 0 aliphatic carbocycles. The Labute approximate surface area is 109 Å². The molecule has 1 fully saturated rings. The molecule has 1 aromatic rings. The van der Waals surface area contributed by atoms with Crippen molar-refractivity contribution in [2.45, 2.75) is 18.9 Å². The largest absolute Gasteiger partial charge is 0.334 e. The maximum absolute atomic E-state index is 12.2. The number of hydrogen-bond acceptors (Lipinski definition) is 2. The minimum Gasteiger partial charge on any atom is -0.334 e. The molecule has 0 saturated carbocycles. The van der Waals surface area contributed by atoms with Crippen LogP contribution in [-0.4, -0.2) is 29.9 Å². The molecule has 1 aliphatic rings. The first-order valence-corrected chi connectivity index (χ1v) is 6.57. The van der Waals surface area contributed by atoms with Gasteiger partial charge < -0.3 is 10.6 Å². The molecule has 4 heteroatoms. The van der Waals surface area contributed by atoms with E-state index in [2.05, 4.69) is 22.6 Å². The number of halogens is 1. The van der Waals surface area contributed by atoms with Crippen molar-refractivity contribution in [3.63, 3.8) is 0 Å². The van der Waals surface area contributed by atoms with Crippen LogP contribution in [0.1, 0.15) is 23.2 Å². The zero-order valence-electron chi connectivity index (χ0n) is 9.03. The third-order valence-electron chi connectivity index (χ3n) is 2.98. The Balaban J connectivity index is 2.18. The second-order valence-electron chi connectivity index (χ2n) is 4.04. The van der Waals surface area contributed by atoms with Crippen molar-refractivity contribution in [3.8, 4) is 0 Å². The quantitative estimate of drug-likeness (QED) is 0.842. The lowest BCUT2D eigenvalue weighted by molar-refractivity contribution is 0.0741. The van der Waals surface area contributed by atoms with Crippen LogP contribution in [0, 0.1) is 3.57 Å². The molecule has 0 radical (unpaired) electrons. The molecule has 1 heterocycles. The van der Waals surface area contributed by atoms with E-state index in [4.69, 9.17) is 5.73 Å². The number of hydrogen-bond donors (Lipinski definition) is 1. The highest BCUT2D eigenvalue weighted by Gasteiger charge is 2.28. The summed E-state index contributed by atoms with van der Waals surface area (Å²) in [4.78, 5) is 14.1. The summed E-state index contributed by atoms with van der Waals surface area (Å²) in [6.45, 7) is 1.40. The van der Waals surface area contributed by atoms with Gasteiger partial charge in [-0.2, -0.15) is 0 Å². The molecular formula is C12H15IN2O. The van der Waals surface area contributed by atoms with Crippen molar-refractivity contribution in [1.82, 2.24) is 4.90 Å². The summed E-state index contributed by atoms with van der Waals surface area (Å²) in [6, 6.07) is 7.93. The Bertz CT molecular complexity index is 394. The Morgan fingerprint density at radius 1 is 1.56 bits per heavy atom. The molecule has 1 amide bonds. The highest BCUT2D eigenvalue weighted by Crippen LogP contribution is 2.20. The molecule has 1 aliphatic heterocycles. The van der Waals surface area contributed by atoms with E-state index < -0.39 is 0 Å². The zero-order valence-corrected chi connectivity index (χ0v) is 11.2. The highest BCUT2D eigenvalue weighted by molar-refractivity contribution is 14.1. The van der Waals surface area contributed by atoms with Crippen molar-refractivity contribution in [2.24, 2.45) is 5.73 Å². The minimum absolute atomic E-state index is 0.117. The molecule has 0 bridgehead atoms. The Morgan fingerprint density at radius 2 is 2.38 bits per heavy atom. The van der Waals surface area contributed by atoms with Gasteiger partial charge in [0.25, 0.3) is 5.91 Å². The van der Waals surface area contributed by atoms with Crippen molar-refractivity contribution < 1.29 is 4.79 Å². The smallest absolute Gasteiger partial charge is 0.254 e. The molecule has 0 aromatic heterocycles. The van der Waals surface area contributed by atoms with Crippen molar-refractivity contribution >= 4 is 28.5 Å². The van der Waals surface area contributed by atoms with Crippen LogP contribution in [-0.2, 0) is 0 Å². The predicted octanol–water partition coefficient (Wildman–Crippen LogP) is 1.85. The number of nitrogens with zero attached hydrogens (tertiary/aromatic N) is 1. The lowest BCUT2D eigenvalue weighted by Gasteiger charge is -2.23. The number of rotatable bonds is 2. The summed E-state index contributed by atoms with van der Waals surface area (Å²) in [5.41, 5.74) is 6.45. The first kappa shape index (κ1) is 11.9. The van der Waals surface area contributed by atoms with E-state index in [0.717, 1.165) is 28.5 Å². The Hall–Kier alpha value is -0.620. The molecular weight excluding hydrogens is 315 g/mol. The number of carbonyl (C=O) groups excluding carboxylic acids is 1. The lowest BCUT2D eigenvalue weighted by atomic mass is 10.1. The van der Waals surface area contributed by atoms with Gasteiger partial charge in [-0.1, -0.05) is 6.07 Å². The third kappa shape index (κ3) is 2.38. The van der Waals surface area contributed by atoms with E-state index in [1.54, 1.807) is 0 Å². The van der Waals surface area contributed by atoms with Gasteiger partial charge in [-0.15, -0.1) is 0 Å². The Morgan fingerprint density at radius 3 is 3.06 bits per heavy atom. The lowest BCUT2D eigenvalue weighted by Crippen LogP contribution is -2.39. The van der Waals surface area contributed by atoms with Crippen molar-refractivity contribution in [3.05, 3.63) is 33.4 Å². The fourth-order valence-electron chi connectivity index (χ4n) is 2.14. The summed E-state index contributed by atoms with van der Waals surface area (Å²) in [5.74, 6) is 0.117. The van der Waals surface area contributed by atoms with Crippen LogP contribution < -0.4 is 5.73 Å². The van der Waals surface area contributed by atoms with Crippen LogP contribution in [0.15, 0.2) is 24.3 Å². The third-order valence-corrected chi connectivity index (χ3v) is 3.65. The van der Waals surface area contributed by atoms with E-state index in [1.807, 2.05) is 29.2 Å². The van der Waals surface area contributed by atoms with Gasteiger partial charge in [-0.25, -0.2) is 0 Å². The van der Waals surface area contributed by atoms with Crippen LogP contribution in [0.5, 0.6) is 0 Å². The minimum atomic E-state index is 0.117. The summed E-state index contributed by atoms with van der Waals surface area (Å²) in [5, 5.41) is 0. The Kier molecular flexibility index (Phi) is 3.81. The normalized spacial score (nSPS) is 20.1. The zero-order chi connectivity index (χ0) is 11.5. The van der Waals surface area contributed by atoms with E-state index in [0.29, 0.717) is 6.54 Å². The number of amides is 1. The van der Waals surface area contributed by atoms with E-state index in [9.17, 15) is 4.79 Å². The monoisotopic (exact) mass is 330 g/mol. The van der Waals surface area contributed by atoms with Crippen LogP contribution >= 0.6 is 22.6 Å². The van der Waals surface area contributed by atoms with Crippen molar-refractivity contribution in [2.75, 3.05) is 13.1 Å². The first-order chi connectivity index (χ1) is 7.72. The van der Waals surface area contributed by atoms with Gasteiger partial charge in [0.05, 0.1) is 0 Å². The SMILES string of the molecule is NCC1CCCN1C(=O)c1cccc(I)c1. The standard InChI is InChI=1S/C12H15IN2O/c13-10-4-1-3-9(7-10)12(16)15-6-2-5-11(15)8-14/h1,3-4,7,11H,2,5-6,8,14H2. The number of likely N-dealkylation sites (tertiary alicyclic amines) is 1. The molecule has 1 unspecified atom stereocenters. The van der Waals surface area contributed by atoms with Crippen LogP contribution in [0.2, 0.25) is 0 Å². The number of carbonyl (C=O) groups is 1. The van der Waals surface area contributed by atoms with Gasteiger partial charge in [-0.05, 0) is 53.6 Å². The summed E-state index contributed by atoms with van der Waals surface area (Å²) in [6.07, 6.45) is 2.10. The maximum atomic E-state index is 12.2. The molecule has 16 heavy (non-hydrogen) atoms. The second-order valence-corrected chi connectivity index (χ2v) is 5.29. The molecule has 1 atom stereocenters. The maximum Gasteiger partial charge on any atom is 0.254 e. The number of nitrogens with two attached hydrogens (primary N) is 1. The van der Waals surface area contributed by atoms with Crippen LogP contribution in [0.3, 0.4) is 0 Å². The fourth-order valence-corrected chi connectivity index (χ4v) is 2.68. The van der Waals surface area contributed by atoms with Gasteiger partial charge in [0.15, 0.2) is 0 Å². The topological polar surface area (TPSA) is 46.3 Å². The van der Waals surface area contributed by atoms with Crippen LogP contribution in [0.25, 0.3) is 0 Å². The molecule has 0 spiro atoms. The summed E-state index contributed by atoms with van der Waals surface area (Å²) < 4.78 is 1.09. The van der Waals surface area contributed by atoms with Gasteiger partial charge >= 0.3 is 0 Å². The molecule has 1 saturated heterocycles. The summed E-state index contributed by atoms with van der Waals surface area (Å²) >= 11 is 2.22.